The Morgan fingerprint density at radius 1 is 1.43 bits per heavy atom. The van der Waals surface area contributed by atoms with Gasteiger partial charge in [0.15, 0.2) is 0 Å². The number of hydrogen-bond acceptors (Lipinski definition) is 4. The van der Waals surface area contributed by atoms with E-state index in [2.05, 4.69) is 28.5 Å². The second-order valence-electron chi connectivity index (χ2n) is 3.69. The van der Waals surface area contributed by atoms with E-state index in [1.165, 1.54) is 37.2 Å². The monoisotopic (exact) mass is 213 g/mol. The van der Waals surface area contributed by atoms with Gasteiger partial charge in [0.1, 0.15) is 5.82 Å². The van der Waals surface area contributed by atoms with Gasteiger partial charge in [-0.2, -0.15) is 4.37 Å². The Hall–Kier alpha value is -0.640. The smallest absolute Gasteiger partial charge is 0.202 e. The first-order valence-electron chi connectivity index (χ1n) is 5.29. The summed E-state index contributed by atoms with van der Waals surface area (Å²) in [6.07, 6.45) is 5.11. The molecule has 0 aromatic carbocycles. The third-order valence-corrected chi connectivity index (χ3v) is 2.88. The van der Waals surface area contributed by atoms with Crippen molar-refractivity contribution < 1.29 is 0 Å². The summed E-state index contributed by atoms with van der Waals surface area (Å²) < 4.78 is 4.13. The summed E-state index contributed by atoms with van der Waals surface area (Å²) in [5.41, 5.74) is 0. The number of aromatic nitrogens is 2. The number of nitrogens with one attached hydrogen (secondary N) is 1. The van der Waals surface area contributed by atoms with Crippen molar-refractivity contribution in [2.24, 2.45) is 0 Å². The van der Waals surface area contributed by atoms with Crippen LogP contribution in [0.2, 0.25) is 0 Å². The van der Waals surface area contributed by atoms with Crippen molar-refractivity contribution in [3.05, 3.63) is 5.82 Å². The minimum absolute atomic E-state index is 0.508. The molecule has 4 heteroatoms. The normalized spacial score (nSPS) is 12.8. The van der Waals surface area contributed by atoms with Gasteiger partial charge in [0.25, 0.3) is 0 Å². The van der Waals surface area contributed by atoms with Crippen LogP contribution in [0.4, 0.5) is 5.13 Å². The van der Waals surface area contributed by atoms with Crippen LogP contribution in [0.1, 0.15) is 45.4 Å². The Kier molecular flexibility index (Phi) is 4.87. The fraction of sp³-hybridized carbons (Fsp3) is 0.800. The van der Waals surface area contributed by atoms with Gasteiger partial charge in [0.05, 0.1) is 0 Å². The summed E-state index contributed by atoms with van der Waals surface area (Å²) in [6.45, 7) is 6.35. The van der Waals surface area contributed by atoms with Gasteiger partial charge in [0.2, 0.25) is 5.13 Å². The maximum Gasteiger partial charge on any atom is 0.202 e. The van der Waals surface area contributed by atoms with E-state index in [1.807, 2.05) is 6.92 Å². The lowest BCUT2D eigenvalue weighted by Crippen LogP contribution is -2.14. The Morgan fingerprint density at radius 3 is 2.79 bits per heavy atom. The molecular formula is C10H19N3S. The van der Waals surface area contributed by atoms with Crippen molar-refractivity contribution in [2.75, 3.05) is 5.32 Å². The highest BCUT2D eigenvalue weighted by molar-refractivity contribution is 7.09. The van der Waals surface area contributed by atoms with Crippen molar-refractivity contribution in [3.63, 3.8) is 0 Å². The van der Waals surface area contributed by atoms with Gasteiger partial charge in [-0.05, 0) is 20.3 Å². The molecule has 1 atom stereocenters. The van der Waals surface area contributed by atoms with Crippen LogP contribution in [0.3, 0.4) is 0 Å². The highest BCUT2D eigenvalue weighted by atomic mass is 32.1. The number of unbranched alkanes of at least 4 members (excludes halogenated alkanes) is 2. The molecule has 1 unspecified atom stereocenters. The second kappa shape index (κ2) is 5.96. The molecule has 3 nitrogen and oxygen atoms in total. The molecule has 0 fully saturated rings. The standard InChI is InChI=1S/C10H19N3S/c1-4-5-6-7-8(2)11-10-12-9(3)13-14-10/h8H,4-7H2,1-3H3,(H,11,12,13). The molecule has 0 aliphatic carbocycles. The highest BCUT2D eigenvalue weighted by Gasteiger charge is 2.04. The topological polar surface area (TPSA) is 37.8 Å². The van der Waals surface area contributed by atoms with Crippen LogP contribution in [-0.4, -0.2) is 15.4 Å². The molecule has 1 rings (SSSR count). The van der Waals surface area contributed by atoms with Crippen LogP contribution < -0.4 is 5.32 Å². The average Bonchev–Trinajstić information content (AvgIpc) is 2.52. The molecule has 1 aromatic heterocycles. The summed E-state index contributed by atoms with van der Waals surface area (Å²) in [7, 11) is 0. The number of aryl methyl sites for hydroxylation is 1. The van der Waals surface area contributed by atoms with Crippen LogP contribution in [0.5, 0.6) is 0 Å². The molecule has 80 valence electrons. The molecule has 1 heterocycles. The predicted octanol–water partition coefficient (Wildman–Crippen LogP) is 3.23. The molecule has 0 saturated heterocycles. The van der Waals surface area contributed by atoms with Crippen molar-refractivity contribution in [1.82, 2.24) is 9.36 Å². The van der Waals surface area contributed by atoms with Crippen LogP contribution in [-0.2, 0) is 0 Å². The number of nitrogens with zero attached hydrogens (tertiary/aromatic N) is 2. The zero-order valence-electron chi connectivity index (χ0n) is 9.21. The quantitative estimate of drug-likeness (QED) is 0.737. The van der Waals surface area contributed by atoms with Crippen molar-refractivity contribution in [3.8, 4) is 0 Å². The van der Waals surface area contributed by atoms with Crippen LogP contribution >= 0.6 is 11.5 Å². The lowest BCUT2D eigenvalue weighted by atomic mass is 10.1. The van der Waals surface area contributed by atoms with Gasteiger partial charge >= 0.3 is 0 Å². The van der Waals surface area contributed by atoms with E-state index < -0.39 is 0 Å². The van der Waals surface area contributed by atoms with Gasteiger partial charge in [0, 0.05) is 17.6 Å². The fourth-order valence-electron chi connectivity index (χ4n) is 1.34. The molecule has 0 radical (unpaired) electrons. The third kappa shape index (κ3) is 4.05. The van der Waals surface area contributed by atoms with Gasteiger partial charge in [-0.15, -0.1) is 0 Å². The lowest BCUT2D eigenvalue weighted by molar-refractivity contribution is 0.615. The maximum atomic E-state index is 4.28. The summed E-state index contributed by atoms with van der Waals surface area (Å²) in [5, 5.41) is 4.32. The molecule has 14 heavy (non-hydrogen) atoms. The van der Waals surface area contributed by atoms with E-state index in [0.29, 0.717) is 6.04 Å². The van der Waals surface area contributed by atoms with Gasteiger partial charge in [-0.25, -0.2) is 4.98 Å². The number of anilines is 1. The largest absolute Gasteiger partial charge is 0.358 e. The summed E-state index contributed by atoms with van der Waals surface area (Å²) >= 11 is 1.44. The van der Waals surface area contributed by atoms with E-state index in [4.69, 9.17) is 0 Å². The SMILES string of the molecule is CCCCCC(C)Nc1nc(C)ns1. The Morgan fingerprint density at radius 2 is 2.21 bits per heavy atom. The first-order valence-corrected chi connectivity index (χ1v) is 6.06. The van der Waals surface area contributed by atoms with Crippen LogP contribution in [0, 0.1) is 6.92 Å². The van der Waals surface area contributed by atoms with Crippen LogP contribution in [0.25, 0.3) is 0 Å². The van der Waals surface area contributed by atoms with E-state index in [9.17, 15) is 0 Å². The Balaban J connectivity index is 2.23. The molecule has 0 aliphatic rings. The van der Waals surface area contributed by atoms with E-state index in [-0.39, 0.29) is 0 Å². The van der Waals surface area contributed by atoms with Gasteiger partial charge < -0.3 is 5.32 Å². The van der Waals surface area contributed by atoms with Crippen LogP contribution in [0.15, 0.2) is 0 Å². The molecule has 0 saturated carbocycles. The zero-order chi connectivity index (χ0) is 10.4. The Labute approximate surface area is 90.1 Å². The van der Waals surface area contributed by atoms with E-state index >= 15 is 0 Å². The van der Waals surface area contributed by atoms with Crippen molar-refractivity contribution in [1.29, 1.82) is 0 Å². The lowest BCUT2D eigenvalue weighted by Gasteiger charge is -2.11. The van der Waals surface area contributed by atoms with Crippen molar-refractivity contribution >= 4 is 16.7 Å². The van der Waals surface area contributed by atoms with Gasteiger partial charge in [-0.3, -0.25) is 0 Å². The Bertz CT molecular complexity index is 260. The van der Waals surface area contributed by atoms with E-state index in [1.54, 1.807) is 0 Å². The first-order chi connectivity index (χ1) is 6.72. The molecule has 0 spiro atoms. The maximum absolute atomic E-state index is 4.28. The third-order valence-electron chi connectivity index (χ3n) is 2.14. The zero-order valence-corrected chi connectivity index (χ0v) is 10.0. The first kappa shape index (κ1) is 11.4. The molecular weight excluding hydrogens is 194 g/mol. The molecule has 1 aromatic rings. The van der Waals surface area contributed by atoms with E-state index in [0.717, 1.165) is 11.0 Å². The second-order valence-corrected chi connectivity index (χ2v) is 4.44. The summed E-state index contributed by atoms with van der Waals surface area (Å²) in [4.78, 5) is 4.28. The summed E-state index contributed by atoms with van der Waals surface area (Å²) in [6, 6.07) is 0.508. The van der Waals surface area contributed by atoms with Crippen molar-refractivity contribution in [2.45, 2.75) is 52.5 Å². The average molecular weight is 213 g/mol. The highest BCUT2D eigenvalue weighted by Crippen LogP contribution is 2.13. The summed E-state index contributed by atoms with van der Waals surface area (Å²) in [5.74, 6) is 0.859. The number of hydrogen-bond donors (Lipinski definition) is 1. The minimum atomic E-state index is 0.508. The van der Waals surface area contributed by atoms with Gasteiger partial charge in [-0.1, -0.05) is 26.2 Å². The molecule has 0 bridgehead atoms. The molecule has 0 amide bonds. The molecule has 0 aliphatic heterocycles. The fourth-order valence-corrected chi connectivity index (χ4v) is 2.03. The minimum Gasteiger partial charge on any atom is -0.358 e. The predicted molar refractivity (Wildman–Crippen MR) is 61.9 cm³/mol. The molecule has 1 N–H and O–H groups in total. The number of rotatable bonds is 6.